The molecule has 0 aliphatic carbocycles. The van der Waals surface area contributed by atoms with Crippen LogP contribution in [0.3, 0.4) is 0 Å². The number of likely N-dealkylation sites (tertiary alicyclic amines) is 2. The molecule has 2 heterocycles. The average molecular weight is 345 g/mol. The highest BCUT2D eigenvalue weighted by molar-refractivity contribution is 5.77. The number of likely N-dealkylation sites (N-methyl/N-ethyl adjacent to an activating group) is 1. The van der Waals surface area contributed by atoms with Crippen LogP contribution >= 0.6 is 0 Å². The molecule has 1 aromatic carbocycles. The number of carbonyl (C=O) groups is 1. The Bertz CT molecular complexity index is 594. The molecular formula is C20H31N3O2. The van der Waals surface area contributed by atoms with Crippen molar-refractivity contribution in [3.05, 3.63) is 29.8 Å². The summed E-state index contributed by atoms with van der Waals surface area (Å²) >= 11 is 0. The predicted molar refractivity (Wildman–Crippen MR) is 99.7 cm³/mol. The molecule has 0 saturated carbocycles. The van der Waals surface area contributed by atoms with Crippen molar-refractivity contribution in [1.82, 2.24) is 14.7 Å². The first-order chi connectivity index (χ1) is 12.0. The molecule has 0 radical (unpaired) electrons. The quantitative estimate of drug-likeness (QED) is 0.819. The van der Waals surface area contributed by atoms with Crippen LogP contribution in [0.25, 0.3) is 0 Å². The van der Waals surface area contributed by atoms with Gasteiger partial charge in [0, 0.05) is 27.2 Å². The molecule has 5 nitrogen and oxygen atoms in total. The maximum absolute atomic E-state index is 11.9. The highest BCUT2D eigenvalue weighted by Gasteiger charge is 2.40. The van der Waals surface area contributed by atoms with E-state index in [4.69, 9.17) is 4.74 Å². The number of amides is 1. The van der Waals surface area contributed by atoms with Crippen LogP contribution in [0, 0.1) is 5.41 Å². The van der Waals surface area contributed by atoms with Crippen molar-refractivity contribution in [1.29, 1.82) is 0 Å². The summed E-state index contributed by atoms with van der Waals surface area (Å²) in [7, 11) is 5.39. The van der Waals surface area contributed by atoms with E-state index < -0.39 is 0 Å². The molecule has 138 valence electrons. The van der Waals surface area contributed by atoms with E-state index >= 15 is 0 Å². The summed E-state index contributed by atoms with van der Waals surface area (Å²) in [6.45, 7) is 6.02. The summed E-state index contributed by atoms with van der Waals surface area (Å²) < 4.78 is 5.33. The molecule has 5 heteroatoms. The molecule has 0 aromatic heterocycles. The van der Waals surface area contributed by atoms with Crippen molar-refractivity contribution in [2.45, 2.75) is 25.8 Å². The van der Waals surface area contributed by atoms with Crippen molar-refractivity contribution < 1.29 is 9.53 Å². The summed E-state index contributed by atoms with van der Waals surface area (Å²) in [6, 6.07) is 8.39. The molecule has 25 heavy (non-hydrogen) atoms. The van der Waals surface area contributed by atoms with Gasteiger partial charge in [0.2, 0.25) is 5.91 Å². The molecule has 0 atom stereocenters. The topological polar surface area (TPSA) is 36.0 Å². The Kier molecular flexibility index (Phi) is 5.64. The molecule has 2 aliphatic rings. The number of nitrogens with zero attached hydrogens (tertiary/aromatic N) is 3. The molecule has 0 N–H and O–H groups in total. The Morgan fingerprint density at radius 1 is 1.16 bits per heavy atom. The largest absolute Gasteiger partial charge is 0.497 e. The number of carbonyl (C=O) groups excluding carboxylic acids is 1. The monoisotopic (exact) mass is 345 g/mol. The van der Waals surface area contributed by atoms with Gasteiger partial charge in [0.05, 0.1) is 13.7 Å². The minimum atomic E-state index is 0.210. The lowest BCUT2D eigenvalue weighted by Crippen LogP contribution is -2.45. The zero-order chi connectivity index (χ0) is 17.9. The molecule has 0 bridgehead atoms. The van der Waals surface area contributed by atoms with Gasteiger partial charge in [-0.1, -0.05) is 12.1 Å². The van der Waals surface area contributed by atoms with Crippen LogP contribution in [0.1, 0.15) is 24.8 Å². The van der Waals surface area contributed by atoms with Gasteiger partial charge in [-0.3, -0.25) is 14.6 Å². The smallest absolute Gasteiger partial charge is 0.236 e. The van der Waals surface area contributed by atoms with Crippen molar-refractivity contribution in [2.75, 3.05) is 53.9 Å². The number of piperidine rings is 1. The second-order valence-corrected chi connectivity index (χ2v) is 7.88. The van der Waals surface area contributed by atoms with Gasteiger partial charge in [-0.2, -0.15) is 0 Å². The van der Waals surface area contributed by atoms with E-state index in [9.17, 15) is 4.79 Å². The van der Waals surface area contributed by atoms with Crippen LogP contribution < -0.4 is 4.74 Å². The van der Waals surface area contributed by atoms with E-state index in [0.29, 0.717) is 12.0 Å². The normalized spacial score (nSPS) is 20.8. The molecule has 2 aliphatic heterocycles. The second-order valence-electron chi connectivity index (χ2n) is 7.88. The SMILES string of the molecule is COc1cccc(CN2CCC3(CCN(CC(=O)N(C)C)CC3)C2)c1. The first-order valence-corrected chi connectivity index (χ1v) is 9.27. The first-order valence-electron chi connectivity index (χ1n) is 9.27. The Labute approximate surface area is 151 Å². The minimum Gasteiger partial charge on any atom is -0.497 e. The van der Waals surface area contributed by atoms with E-state index in [1.54, 1.807) is 12.0 Å². The average Bonchev–Trinajstić information content (AvgIpc) is 2.99. The standard InChI is InChI=1S/C20H31N3O2/c1-21(2)19(24)15-22-10-7-20(8-11-22)9-12-23(16-20)14-17-5-4-6-18(13-17)25-3/h4-6,13H,7-12,14-16H2,1-3H3. The Balaban J connectivity index is 1.50. The van der Waals surface area contributed by atoms with Gasteiger partial charge in [-0.15, -0.1) is 0 Å². The van der Waals surface area contributed by atoms with Crippen molar-refractivity contribution in [3.8, 4) is 5.75 Å². The molecule has 3 rings (SSSR count). The highest BCUT2D eigenvalue weighted by Crippen LogP contribution is 2.40. The van der Waals surface area contributed by atoms with Gasteiger partial charge < -0.3 is 9.64 Å². The van der Waals surface area contributed by atoms with E-state index in [1.165, 1.54) is 37.9 Å². The molecule has 1 aromatic rings. The molecule has 2 saturated heterocycles. The summed E-state index contributed by atoms with van der Waals surface area (Å²) in [4.78, 5) is 18.5. The third-order valence-corrected chi connectivity index (χ3v) is 5.83. The fraction of sp³-hybridized carbons (Fsp3) is 0.650. The lowest BCUT2D eigenvalue weighted by Gasteiger charge is -2.39. The zero-order valence-corrected chi connectivity index (χ0v) is 15.8. The van der Waals surface area contributed by atoms with Gasteiger partial charge in [-0.25, -0.2) is 0 Å². The van der Waals surface area contributed by atoms with Crippen LogP contribution in [0.4, 0.5) is 0 Å². The van der Waals surface area contributed by atoms with Gasteiger partial charge in [-0.05, 0) is 62.0 Å². The van der Waals surface area contributed by atoms with Crippen LogP contribution in [0.15, 0.2) is 24.3 Å². The fourth-order valence-electron chi connectivity index (χ4n) is 4.12. The Morgan fingerprint density at radius 2 is 1.84 bits per heavy atom. The highest BCUT2D eigenvalue weighted by atomic mass is 16.5. The van der Waals surface area contributed by atoms with Gasteiger partial charge >= 0.3 is 0 Å². The molecule has 1 amide bonds. The van der Waals surface area contributed by atoms with Crippen LogP contribution in [-0.2, 0) is 11.3 Å². The summed E-state index contributed by atoms with van der Waals surface area (Å²) in [5, 5.41) is 0. The van der Waals surface area contributed by atoms with Crippen LogP contribution in [-0.4, -0.2) is 74.5 Å². The Morgan fingerprint density at radius 3 is 2.48 bits per heavy atom. The number of benzene rings is 1. The maximum Gasteiger partial charge on any atom is 0.236 e. The predicted octanol–water partition coefficient (Wildman–Crippen LogP) is 2.07. The third-order valence-electron chi connectivity index (χ3n) is 5.83. The van der Waals surface area contributed by atoms with Crippen LogP contribution in [0.2, 0.25) is 0 Å². The van der Waals surface area contributed by atoms with E-state index in [-0.39, 0.29) is 5.91 Å². The lowest BCUT2D eigenvalue weighted by molar-refractivity contribution is -0.130. The van der Waals surface area contributed by atoms with Crippen LogP contribution in [0.5, 0.6) is 5.75 Å². The van der Waals surface area contributed by atoms with E-state index in [1.807, 2.05) is 20.2 Å². The number of rotatable bonds is 5. The minimum absolute atomic E-state index is 0.210. The maximum atomic E-state index is 11.9. The summed E-state index contributed by atoms with van der Waals surface area (Å²) in [6.07, 6.45) is 3.71. The zero-order valence-electron chi connectivity index (χ0n) is 15.8. The van der Waals surface area contributed by atoms with E-state index in [2.05, 4.69) is 28.0 Å². The second kappa shape index (κ2) is 7.75. The van der Waals surface area contributed by atoms with Gasteiger partial charge in [0.15, 0.2) is 0 Å². The van der Waals surface area contributed by atoms with E-state index in [0.717, 1.165) is 25.4 Å². The number of hydrogen-bond acceptors (Lipinski definition) is 4. The Hall–Kier alpha value is -1.59. The fourth-order valence-corrected chi connectivity index (χ4v) is 4.12. The number of hydrogen-bond donors (Lipinski definition) is 0. The lowest BCUT2D eigenvalue weighted by atomic mass is 9.78. The third kappa shape index (κ3) is 4.53. The van der Waals surface area contributed by atoms with Crippen molar-refractivity contribution in [2.24, 2.45) is 5.41 Å². The van der Waals surface area contributed by atoms with Gasteiger partial charge in [0.1, 0.15) is 5.75 Å². The molecular weight excluding hydrogens is 314 g/mol. The molecule has 0 unspecified atom stereocenters. The summed E-state index contributed by atoms with van der Waals surface area (Å²) in [5.74, 6) is 1.15. The van der Waals surface area contributed by atoms with Crippen molar-refractivity contribution >= 4 is 5.91 Å². The molecule has 2 fully saturated rings. The van der Waals surface area contributed by atoms with Crippen molar-refractivity contribution in [3.63, 3.8) is 0 Å². The molecule has 1 spiro atoms. The summed E-state index contributed by atoms with van der Waals surface area (Å²) in [5.41, 5.74) is 1.78. The van der Waals surface area contributed by atoms with Gasteiger partial charge in [0.25, 0.3) is 0 Å². The number of methoxy groups -OCH3 is 1. The number of ether oxygens (including phenoxy) is 1. The first kappa shape index (κ1) is 18.2.